The summed E-state index contributed by atoms with van der Waals surface area (Å²) >= 11 is 1.65. The maximum absolute atomic E-state index is 5.09. The molecule has 2 aromatic rings. The van der Waals surface area contributed by atoms with Crippen LogP contribution in [-0.2, 0) is 24.3 Å². The number of thiazole rings is 1. The number of ether oxygens (including phenoxy) is 1. The van der Waals surface area contributed by atoms with Crippen LogP contribution in [-0.4, -0.2) is 18.6 Å². The minimum Gasteiger partial charge on any atom is -0.380 e. The van der Waals surface area contributed by atoms with Crippen molar-refractivity contribution in [2.75, 3.05) is 13.7 Å². The van der Waals surface area contributed by atoms with E-state index in [1.165, 1.54) is 16.8 Å². The smallest absolute Gasteiger partial charge is 0.0794 e. The molecular weight excluding hydrogens is 244 g/mol. The number of rotatable bonds is 7. The summed E-state index contributed by atoms with van der Waals surface area (Å²) in [6.07, 6.45) is 0.991. The summed E-state index contributed by atoms with van der Waals surface area (Å²) in [4.78, 5) is 4.26. The molecule has 4 heteroatoms. The fraction of sp³-hybridized carbons (Fsp3) is 0.357. The number of hydrogen-bond acceptors (Lipinski definition) is 4. The van der Waals surface area contributed by atoms with E-state index >= 15 is 0 Å². The summed E-state index contributed by atoms with van der Waals surface area (Å²) in [6, 6.07) is 8.51. The van der Waals surface area contributed by atoms with Gasteiger partial charge in [0, 0.05) is 32.0 Å². The third-order valence-electron chi connectivity index (χ3n) is 2.70. The maximum Gasteiger partial charge on any atom is 0.0794 e. The first-order valence-corrected chi connectivity index (χ1v) is 6.97. The largest absolute Gasteiger partial charge is 0.380 e. The molecule has 0 fully saturated rings. The second kappa shape index (κ2) is 7.26. The molecule has 0 saturated carbocycles. The van der Waals surface area contributed by atoms with Crippen molar-refractivity contribution >= 4 is 11.3 Å². The normalized spacial score (nSPS) is 10.7. The minimum absolute atomic E-state index is 0.678. The van der Waals surface area contributed by atoms with Crippen LogP contribution in [0.2, 0.25) is 0 Å². The molecule has 1 aromatic carbocycles. The molecule has 0 saturated heterocycles. The summed E-state index contributed by atoms with van der Waals surface area (Å²) in [5.41, 5.74) is 5.56. The molecule has 0 radical (unpaired) electrons. The fourth-order valence-electron chi connectivity index (χ4n) is 1.73. The van der Waals surface area contributed by atoms with Gasteiger partial charge in [0.1, 0.15) is 0 Å². The van der Waals surface area contributed by atoms with Crippen LogP contribution in [0.5, 0.6) is 0 Å². The second-order valence-electron chi connectivity index (χ2n) is 4.16. The minimum atomic E-state index is 0.678. The standard InChI is InChI=1S/C14H18N2OS/c1-17-9-13-4-2-12(3-5-13)8-15-7-6-14-10-18-11-16-14/h2-5,10-11,15H,6-9H2,1H3. The Morgan fingerprint density at radius 1 is 1.22 bits per heavy atom. The average molecular weight is 262 g/mol. The number of nitrogens with zero attached hydrogens (tertiary/aromatic N) is 1. The zero-order valence-electron chi connectivity index (χ0n) is 10.6. The van der Waals surface area contributed by atoms with Crippen LogP contribution in [0.25, 0.3) is 0 Å². The Bertz CT molecular complexity index is 439. The van der Waals surface area contributed by atoms with Gasteiger partial charge in [-0.05, 0) is 11.1 Å². The van der Waals surface area contributed by atoms with E-state index < -0.39 is 0 Å². The Morgan fingerprint density at radius 2 is 2.00 bits per heavy atom. The number of hydrogen-bond donors (Lipinski definition) is 1. The third kappa shape index (κ3) is 4.22. The molecule has 18 heavy (non-hydrogen) atoms. The van der Waals surface area contributed by atoms with Crippen LogP contribution >= 0.6 is 11.3 Å². The first-order chi connectivity index (χ1) is 8.88. The van der Waals surface area contributed by atoms with Crippen LogP contribution in [0.1, 0.15) is 16.8 Å². The van der Waals surface area contributed by atoms with Crippen molar-refractivity contribution in [3.05, 3.63) is 52.0 Å². The van der Waals surface area contributed by atoms with Crippen molar-refractivity contribution in [1.29, 1.82) is 0 Å². The summed E-state index contributed by atoms with van der Waals surface area (Å²) < 4.78 is 5.09. The van der Waals surface area contributed by atoms with E-state index in [0.29, 0.717) is 6.61 Å². The van der Waals surface area contributed by atoms with Crippen LogP contribution in [0.15, 0.2) is 35.2 Å². The summed E-state index contributed by atoms with van der Waals surface area (Å²) in [6.45, 7) is 2.54. The predicted octanol–water partition coefficient (Wildman–Crippen LogP) is 2.62. The lowest BCUT2D eigenvalue weighted by molar-refractivity contribution is 0.185. The SMILES string of the molecule is COCc1ccc(CNCCc2cscn2)cc1. The monoisotopic (exact) mass is 262 g/mol. The van der Waals surface area contributed by atoms with Crippen LogP contribution in [0.3, 0.4) is 0 Å². The van der Waals surface area contributed by atoms with Gasteiger partial charge in [-0.15, -0.1) is 11.3 Å². The van der Waals surface area contributed by atoms with E-state index in [-0.39, 0.29) is 0 Å². The van der Waals surface area contributed by atoms with Crippen LogP contribution < -0.4 is 5.32 Å². The molecule has 1 N–H and O–H groups in total. The highest BCUT2D eigenvalue weighted by Gasteiger charge is 1.96. The van der Waals surface area contributed by atoms with Crippen molar-refractivity contribution in [3.63, 3.8) is 0 Å². The highest BCUT2D eigenvalue weighted by Crippen LogP contribution is 2.05. The first kappa shape index (κ1) is 13.2. The highest BCUT2D eigenvalue weighted by atomic mass is 32.1. The zero-order chi connectivity index (χ0) is 12.6. The molecule has 2 rings (SSSR count). The quantitative estimate of drug-likeness (QED) is 0.779. The Kier molecular flexibility index (Phi) is 5.33. The molecule has 0 aliphatic heterocycles. The molecule has 0 unspecified atom stereocenters. The molecule has 3 nitrogen and oxygen atoms in total. The van der Waals surface area contributed by atoms with Gasteiger partial charge >= 0.3 is 0 Å². The maximum atomic E-state index is 5.09. The van der Waals surface area contributed by atoms with Gasteiger partial charge in [0.15, 0.2) is 0 Å². The molecule has 96 valence electrons. The second-order valence-corrected chi connectivity index (χ2v) is 4.87. The topological polar surface area (TPSA) is 34.1 Å². The lowest BCUT2D eigenvalue weighted by Crippen LogP contribution is -2.16. The van der Waals surface area contributed by atoms with Crippen molar-refractivity contribution in [3.8, 4) is 0 Å². The molecular formula is C14H18N2OS. The van der Waals surface area contributed by atoms with E-state index in [1.54, 1.807) is 18.4 Å². The zero-order valence-corrected chi connectivity index (χ0v) is 11.4. The fourth-order valence-corrected chi connectivity index (χ4v) is 2.32. The van der Waals surface area contributed by atoms with Crippen molar-refractivity contribution < 1.29 is 4.74 Å². The number of methoxy groups -OCH3 is 1. The Hall–Kier alpha value is -1.23. The van der Waals surface area contributed by atoms with Gasteiger partial charge in [-0.25, -0.2) is 4.98 Å². The number of benzene rings is 1. The van der Waals surface area contributed by atoms with E-state index in [0.717, 1.165) is 19.5 Å². The van der Waals surface area contributed by atoms with Crippen molar-refractivity contribution in [1.82, 2.24) is 10.3 Å². The Balaban J connectivity index is 1.69. The summed E-state index contributed by atoms with van der Waals surface area (Å²) in [5, 5.41) is 5.52. The van der Waals surface area contributed by atoms with Crippen molar-refractivity contribution in [2.24, 2.45) is 0 Å². The van der Waals surface area contributed by atoms with Gasteiger partial charge in [0.05, 0.1) is 17.8 Å². The first-order valence-electron chi connectivity index (χ1n) is 6.03. The van der Waals surface area contributed by atoms with E-state index in [1.807, 2.05) is 5.51 Å². The van der Waals surface area contributed by atoms with Gasteiger partial charge in [0.2, 0.25) is 0 Å². The molecule has 0 aliphatic carbocycles. The van der Waals surface area contributed by atoms with E-state index in [9.17, 15) is 0 Å². The lowest BCUT2D eigenvalue weighted by Gasteiger charge is -2.05. The van der Waals surface area contributed by atoms with Gasteiger partial charge < -0.3 is 10.1 Å². The Labute approximate surface area is 112 Å². The Morgan fingerprint density at radius 3 is 2.67 bits per heavy atom. The molecule has 1 aromatic heterocycles. The average Bonchev–Trinajstić information content (AvgIpc) is 2.90. The summed E-state index contributed by atoms with van der Waals surface area (Å²) in [5.74, 6) is 0. The van der Waals surface area contributed by atoms with Gasteiger partial charge in [-0.3, -0.25) is 0 Å². The van der Waals surface area contributed by atoms with Crippen molar-refractivity contribution in [2.45, 2.75) is 19.6 Å². The number of aromatic nitrogens is 1. The molecule has 1 heterocycles. The van der Waals surface area contributed by atoms with Gasteiger partial charge in [-0.2, -0.15) is 0 Å². The molecule has 0 amide bonds. The van der Waals surface area contributed by atoms with E-state index in [4.69, 9.17) is 4.74 Å². The lowest BCUT2D eigenvalue weighted by atomic mass is 10.1. The summed E-state index contributed by atoms with van der Waals surface area (Å²) in [7, 11) is 1.72. The molecule has 0 bridgehead atoms. The predicted molar refractivity (Wildman–Crippen MR) is 74.7 cm³/mol. The van der Waals surface area contributed by atoms with Crippen LogP contribution in [0.4, 0.5) is 0 Å². The number of nitrogens with one attached hydrogen (secondary N) is 1. The molecule has 0 atom stereocenters. The van der Waals surface area contributed by atoms with Gasteiger partial charge in [-0.1, -0.05) is 24.3 Å². The van der Waals surface area contributed by atoms with E-state index in [2.05, 4.69) is 39.9 Å². The van der Waals surface area contributed by atoms with Crippen LogP contribution in [0, 0.1) is 0 Å². The third-order valence-corrected chi connectivity index (χ3v) is 3.34. The molecule has 0 aliphatic rings. The molecule has 0 spiro atoms. The van der Waals surface area contributed by atoms with Gasteiger partial charge in [0.25, 0.3) is 0 Å². The highest BCUT2D eigenvalue weighted by molar-refractivity contribution is 7.07.